The number of nitrogens with zero attached hydrogens (tertiary/aromatic N) is 2. The van der Waals surface area contributed by atoms with E-state index in [0.29, 0.717) is 6.42 Å². The van der Waals surface area contributed by atoms with Crippen LogP contribution in [-0.2, 0) is 9.59 Å². The molecule has 0 bridgehead atoms. The molecule has 0 aromatic rings. The molecule has 0 rings (SSSR count). The Hall–Kier alpha value is -1.72. The molecule has 0 aromatic heterocycles. The van der Waals surface area contributed by atoms with Crippen LogP contribution in [-0.4, -0.2) is 23.2 Å². The molecule has 2 amide bonds. The summed E-state index contributed by atoms with van der Waals surface area (Å²) in [6.45, 7) is 8.00. The van der Waals surface area contributed by atoms with Gasteiger partial charge in [-0.3, -0.25) is 9.59 Å². The van der Waals surface area contributed by atoms with E-state index in [9.17, 15) is 9.59 Å². The lowest BCUT2D eigenvalue weighted by Gasteiger charge is -2.04. The summed E-state index contributed by atoms with van der Waals surface area (Å²) < 4.78 is 0. The zero-order valence-corrected chi connectivity index (χ0v) is 13.7. The van der Waals surface area contributed by atoms with Gasteiger partial charge in [-0.15, -0.1) is 0 Å². The summed E-state index contributed by atoms with van der Waals surface area (Å²) in [5.41, 5.74) is 6.95. The van der Waals surface area contributed by atoms with Gasteiger partial charge in [0.2, 0.25) is 11.8 Å². The Bertz CT molecular complexity index is 341. The smallest absolute Gasteiger partial charge is 0.240 e. The molecule has 21 heavy (non-hydrogen) atoms. The molecule has 0 aromatic carbocycles. The van der Waals surface area contributed by atoms with Gasteiger partial charge < -0.3 is 0 Å². The summed E-state index contributed by atoms with van der Waals surface area (Å²) in [6, 6.07) is 0. The summed E-state index contributed by atoms with van der Waals surface area (Å²) in [6.07, 6.45) is 4.38. The van der Waals surface area contributed by atoms with Crippen molar-refractivity contribution >= 4 is 23.2 Å². The van der Waals surface area contributed by atoms with Gasteiger partial charge in [0.05, 0.1) is 0 Å². The van der Waals surface area contributed by atoms with Crippen LogP contribution in [0.1, 0.15) is 72.6 Å². The maximum atomic E-state index is 11.5. The fraction of sp³-hybridized carbons (Fsp3) is 0.733. The number of hydrazone groups is 2. The first-order valence-electron chi connectivity index (χ1n) is 7.75. The maximum Gasteiger partial charge on any atom is 0.240 e. The third-order valence-electron chi connectivity index (χ3n) is 3.12. The van der Waals surface area contributed by atoms with Crippen LogP contribution in [0, 0.1) is 0 Å². The Balaban J connectivity index is 3.93. The minimum Gasteiger partial charge on any atom is -0.273 e. The van der Waals surface area contributed by atoms with E-state index < -0.39 is 0 Å². The normalized spacial score (nSPS) is 9.71. The summed E-state index contributed by atoms with van der Waals surface area (Å²) in [7, 11) is 0. The second-order valence-electron chi connectivity index (χ2n) is 4.69. The van der Waals surface area contributed by atoms with Crippen molar-refractivity contribution in [1.29, 1.82) is 0 Å². The first kappa shape index (κ1) is 19.3. The van der Waals surface area contributed by atoms with Crippen LogP contribution in [0.15, 0.2) is 10.2 Å². The van der Waals surface area contributed by atoms with Gasteiger partial charge in [-0.05, 0) is 32.1 Å². The minimum absolute atomic E-state index is 0.159. The summed E-state index contributed by atoms with van der Waals surface area (Å²) in [4.78, 5) is 23.1. The summed E-state index contributed by atoms with van der Waals surface area (Å²) in [5, 5.41) is 8.07. The van der Waals surface area contributed by atoms with Crippen molar-refractivity contribution in [3.05, 3.63) is 0 Å². The molecule has 0 heterocycles. The molecular formula is C15H28N4O2. The molecule has 0 aliphatic rings. The van der Waals surface area contributed by atoms with Crippen LogP contribution in [0.4, 0.5) is 0 Å². The van der Waals surface area contributed by atoms with Gasteiger partial charge in [0.25, 0.3) is 0 Å². The van der Waals surface area contributed by atoms with Crippen LogP contribution < -0.4 is 10.9 Å². The Labute approximate surface area is 127 Å². The number of carbonyl (C=O) groups is 2. The van der Waals surface area contributed by atoms with Gasteiger partial charge in [0.1, 0.15) is 0 Å². The molecule has 0 fully saturated rings. The van der Waals surface area contributed by atoms with Gasteiger partial charge in [-0.1, -0.05) is 27.7 Å². The zero-order valence-electron chi connectivity index (χ0n) is 13.7. The first-order chi connectivity index (χ1) is 10.1. The third kappa shape index (κ3) is 9.76. The molecule has 0 spiro atoms. The fourth-order valence-electron chi connectivity index (χ4n) is 1.62. The molecule has 6 heteroatoms. The van der Waals surface area contributed by atoms with E-state index >= 15 is 0 Å². The zero-order chi connectivity index (χ0) is 16.1. The summed E-state index contributed by atoms with van der Waals surface area (Å²) in [5.74, 6) is -0.318. The van der Waals surface area contributed by atoms with E-state index in [2.05, 4.69) is 21.1 Å². The lowest BCUT2D eigenvalue weighted by molar-refractivity contribution is -0.122. The van der Waals surface area contributed by atoms with Crippen LogP contribution in [0.2, 0.25) is 0 Å². The van der Waals surface area contributed by atoms with Crippen molar-refractivity contribution in [3.8, 4) is 0 Å². The van der Waals surface area contributed by atoms with Crippen LogP contribution >= 0.6 is 0 Å². The monoisotopic (exact) mass is 296 g/mol. The molecule has 0 aliphatic carbocycles. The topological polar surface area (TPSA) is 82.9 Å². The number of carbonyl (C=O) groups excluding carboxylic acids is 2. The highest BCUT2D eigenvalue weighted by atomic mass is 16.2. The predicted molar refractivity (Wildman–Crippen MR) is 86.2 cm³/mol. The molecule has 0 aliphatic heterocycles. The predicted octanol–water partition coefficient (Wildman–Crippen LogP) is 2.74. The average Bonchev–Trinajstić information content (AvgIpc) is 2.49. The van der Waals surface area contributed by atoms with E-state index in [1.54, 1.807) is 0 Å². The Morgan fingerprint density at radius 2 is 1.05 bits per heavy atom. The van der Waals surface area contributed by atoms with E-state index in [1.807, 2.05) is 27.7 Å². The van der Waals surface area contributed by atoms with Crippen molar-refractivity contribution in [2.24, 2.45) is 10.2 Å². The first-order valence-corrected chi connectivity index (χ1v) is 7.75. The Morgan fingerprint density at radius 3 is 1.33 bits per heavy atom. The van der Waals surface area contributed by atoms with Crippen LogP contribution in [0.5, 0.6) is 0 Å². The highest BCUT2D eigenvalue weighted by Crippen LogP contribution is 1.97. The lowest BCUT2D eigenvalue weighted by atomic mass is 10.2. The van der Waals surface area contributed by atoms with Gasteiger partial charge >= 0.3 is 0 Å². The van der Waals surface area contributed by atoms with Gasteiger partial charge in [-0.2, -0.15) is 10.2 Å². The molecule has 6 nitrogen and oxygen atoms in total. The minimum atomic E-state index is -0.159. The lowest BCUT2D eigenvalue weighted by Crippen LogP contribution is -2.22. The van der Waals surface area contributed by atoms with Gasteiger partial charge in [0.15, 0.2) is 0 Å². The second kappa shape index (κ2) is 12.1. The van der Waals surface area contributed by atoms with Gasteiger partial charge in [0, 0.05) is 24.3 Å². The SMILES string of the molecule is CCC(CC)=NNC(=O)CCCC(=O)NN=C(CC)CC. The Morgan fingerprint density at radius 1 is 0.714 bits per heavy atom. The van der Waals surface area contributed by atoms with E-state index in [-0.39, 0.29) is 24.7 Å². The number of nitrogens with one attached hydrogen (secondary N) is 2. The highest BCUT2D eigenvalue weighted by molar-refractivity contribution is 5.87. The molecule has 0 atom stereocenters. The Kier molecular flexibility index (Phi) is 11.1. The fourth-order valence-corrected chi connectivity index (χ4v) is 1.62. The van der Waals surface area contributed by atoms with Crippen LogP contribution in [0.3, 0.4) is 0 Å². The van der Waals surface area contributed by atoms with Crippen LogP contribution in [0.25, 0.3) is 0 Å². The second-order valence-corrected chi connectivity index (χ2v) is 4.69. The quantitative estimate of drug-likeness (QED) is 0.480. The standard InChI is InChI=1S/C15H28N4O2/c1-5-12(6-2)16-18-14(20)10-9-11-15(21)19-17-13(7-3)8-4/h5-11H2,1-4H3,(H,18,20)(H,19,21). The average molecular weight is 296 g/mol. The molecule has 0 saturated heterocycles. The van der Waals surface area contributed by atoms with Crippen molar-refractivity contribution in [2.45, 2.75) is 72.6 Å². The summed E-state index contributed by atoms with van der Waals surface area (Å²) >= 11 is 0. The highest BCUT2D eigenvalue weighted by Gasteiger charge is 2.05. The van der Waals surface area contributed by atoms with E-state index in [0.717, 1.165) is 37.1 Å². The van der Waals surface area contributed by atoms with E-state index in [4.69, 9.17) is 0 Å². The number of amides is 2. The van der Waals surface area contributed by atoms with Gasteiger partial charge in [-0.25, -0.2) is 10.9 Å². The molecule has 0 radical (unpaired) electrons. The molecule has 120 valence electrons. The van der Waals surface area contributed by atoms with Crippen molar-refractivity contribution in [1.82, 2.24) is 10.9 Å². The number of hydrogen-bond donors (Lipinski definition) is 2. The van der Waals surface area contributed by atoms with Crippen molar-refractivity contribution in [2.75, 3.05) is 0 Å². The molecule has 2 N–H and O–H groups in total. The third-order valence-corrected chi connectivity index (χ3v) is 3.12. The largest absolute Gasteiger partial charge is 0.273 e. The number of hydrogen-bond acceptors (Lipinski definition) is 4. The van der Waals surface area contributed by atoms with Crippen molar-refractivity contribution < 1.29 is 9.59 Å². The van der Waals surface area contributed by atoms with Crippen molar-refractivity contribution in [3.63, 3.8) is 0 Å². The van der Waals surface area contributed by atoms with E-state index in [1.165, 1.54) is 0 Å². The molecule has 0 unspecified atom stereocenters. The number of rotatable bonds is 10. The molecule has 0 saturated carbocycles. The molecular weight excluding hydrogens is 268 g/mol. The maximum absolute atomic E-state index is 11.5.